The SMILES string of the molecule is CC(=O)C[C@H]1C([C@H](O)[C@H](O)CO)O[C@@](F)(C(=O)O)C(F)[C@H]1N=[N+]=[N-]. The number of aliphatic hydroxyl groups is 3. The number of aliphatic hydroxyl groups excluding tert-OH is 3. The van der Waals surface area contributed by atoms with E-state index in [0.29, 0.717) is 0 Å². The molecule has 24 heavy (non-hydrogen) atoms. The highest BCUT2D eigenvalue weighted by Crippen LogP contribution is 2.41. The third-order valence-corrected chi connectivity index (χ3v) is 3.74. The van der Waals surface area contributed by atoms with Gasteiger partial charge in [0.05, 0.1) is 18.8 Å². The Morgan fingerprint density at radius 3 is 2.46 bits per heavy atom. The molecule has 1 saturated heterocycles. The van der Waals surface area contributed by atoms with E-state index in [1.165, 1.54) is 0 Å². The zero-order chi connectivity index (χ0) is 18.7. The third kappa shape index (κ3) is 3.79. The molecular formula is C12H17F2N3O7. The number of nitrogens with zero attached hydrogens (tertiary/aromatic N) is 3. The molecule has 0 aromatic heterocycles. The van der Waals surface area contributed by atoms with Crippen molar-refractivity contribution in [3.8, 4) is 0 Å². The molecule has 0 aliphatic carbocycles. The Bertz CT molecular complexity index is 545. The largest absolute Gasteiger partial charge is 0.477 e. The summed E-state index contributed by atoms with van der Waals surface area (Å²) in [7, 11) is 0. The van der Waals surface area contributed by atoms with Crippen molar-refractivity contribution in [3.05, 3.63) is 10.4 Å². The van der Waals surface area contributed by atoms with Gasteiger partial charge in [-0.15, -0.1) is 0 Å². The molecule has 1 heterocycles. The van der Waals surface area contributed by atoms with Crippen molar-refractivity contribution in [2.45, 2.75) is 49.7 Å². The maximum Gasteiger partial charge on any atom is 0.372 e. The highest BCUT2D eigenvalue weighted by atomic mass is 19.2. The Morgan fingerprint density at radius 1 is 1.46 bits per heavy atom. The van der Waals surface area contributed by atoms with Gasteiger partial charge in [-0.3, -0.25) is 0 Å². The summed E-state index contributed by atoms with van der Waals surface area (Å²) in [6, 6.07) is -1.99. The van der Waals surface area contributed by atoms with E-state index in [9.17, 15) is 28.6 Å². The molecule has 0 aromatic carbocycles. The van der Waals surface area contributed by atoms with E-state index >= 15 is 0 Å². The molecule has 0 aromatic rings. The van der Waals surface area contributed by atoms with Crippen LogP contribution in [0.1, 0.15) is 13.3 Å². The Morgan fingerprint density at radius 2 is 2.04 bits per heavy atom. The van der Waals surface area contributed by atoms with E-state index in [-0.39, 0.29) is 0 Å². The second-order valence-corrected chi connectivity index (χ2v) is 5.44. The number of carbonyl (C=O) groups excluding carboxylic acids is 1. The van der Waals surface area contributed by atoms with Crippen molar-refractivity contribution in [2.24, 2.45) is 11.0 Å². The zero-order valence-electron chi connectivity index (χ0n) is 12.5. The van der Waals surface area contributed by atoms with Crippen LogP contribution in [0.15, 0.2) is 5.11 Å². The van der Waals surface area contributed by atoms with Gasteiger partial charge >= 0.3 is 11.8 Å². The van der Waals surface area contributed by atoms with E-state index in [1.807, 2.05) is 0 Å². The summed E-state index contributed by atoms with van der Waals surface area (Å²) in [6.45, 7) is 0.0895. The number of halogens is 2. The smallest absolute Gasteiger partial charge is 0.372 e. The number of aliphatic carboxylic acids is 1. The lowest BCUT2D eigenvalue weighted by atomic mass is 9.78. The third-order valence-electron chi connectivity index (χ3n) is 3.74. The lowest BCUT2D eigenvalue weighted by Crippen LogP contribution is -2.65. The van der Waals surface area contributed by atoms with Crippen molar-refractivity contribution in [1.82, 2.24) is 0 Å². The minimum absolute atomic E-state index is 0.542. The summed E-state index contributed by atoms with van der Waals surface area (Å²) < 4.78 is 33.3. The first kappa shape index (κ1) is 20.2. The van der Waals surface area contributed by atoms with Crippen molar-refractivity contribution >= 4 is 11.8 Å². The highest BCUT2D eigenvalue weighted by molar-refractivity contribution is 5.78. The molecule has 1 fully saturated rings. The fraction of sp³-hybridized carbons (Fsp3) is 0.833. The molecule has 0 bridgehead atoms. The molecule has 136 valence electrons. The minimum atomic E-state index is -3.97. The van der Waals surface area contributed by atoms with Crippen molar-refractivity contribution in [1.29, 1.82) is 0 Å². The Kier molecular flexibility index (Phi) is 6.58. The van der Waals surface area contributed by atoms with Crippen LogP contribution in [0.4, 0.5) is 8.78 Å². The Balaban J connectivity index is 3.39. The fourth-order valence-corrected chi connectivity index (χ4v) is 2.57. The Labute approximate surface area is 134 Å². The second-order valence-electron chi connectivity index (χ2n) is 5.44. The van der Waals surface area contributed by atoms with Crippen LogP contribution in [0.3, 0.4) is 0 Å². The van der Waals surface area contributed by atoms with Gasteiger partial charge in [0.15, 0.2) is 6.17 Å². The van der Waals surface area contributed by atoms with Gasteiger partial charge in [0.2, 0.25) is 0 Å². The first-order chi connectivity index (χ1) is 11.1. The number of ether oxygens (including phenoxy) is 1. The standard InChI is InChI=1S/C12H17F2N3O7/c1-4(19)2-5-7(16-17-15)10(13)12(14,11(22)23)24-9(5)8(21)6(20)3-18/h5-10,18,20-21H,2-3H2,1H3,(H,22,23)/t5-,6-,7+,8-,9?,10?,12-/m1/s1. The van der Waals surface area contributed by atoms with Crippen LogP contribution >= 0.6 is 0 Å². The van der Waals surface area contributed by atoms with Crippen molar-refractivity contribution < 1.29 is 43.5 Å². The summed E-state index contributed by atoms with van der Waals surface area (Å²) in [5, 5.41) is 40.2. The van der Waals surface area contributed by atoms with Gasteiger partial charge in [0.25, 0.3) is 0 Å². The highest BCUT2D eigenvalue weighted by Gasteiger charge is 2.62. The topological polar surface area (TPSA) is 173 Å². The van der Waals surface area contributed by atoms with Crippen LogP contribution in [0.25, 0.3) is 10.4 Å². The van der Waals surface area contributed by atoms with E-state index < -0.39 is 67.1 Å². The lowest BCUT2D eigenvalue weighted by Gasteiger charge is -2.45. The normalized spacial score (nSPS) is 35.6. The molecule has 0 spiro atoms. The van der Waals surface area contributed by atoms with Gasteiger partial charge < -0.3 is 30.0 Å². The Hall–Kier alpha value is -1.85. The molecule has 1 rings (SSSR count). The summed E-state index contributed by atoms with van der Waals surface area (Å²) in [6.07, 6.45) is -9.35. The average Bonchev–Trinajstić information content (AvgIpc) is 2.52. The predicted molar refractivity (Wildman–Crippen MR) is 72.1 cm³/mol. The average molecular weight is 353 g/mol. The van der Waals surface area contributed by atoms with Gasteiger partial charge in [-0.2, -0.15) is 4.39 Å². The van der Waals surface area contributed by atoms with Crippen LogP contribution in [-0.4, -0.2) is 75.2 Å². The molecule has 0 saturated carbocycles. The van der Waals surface area contributed by atoms with Gasteiger partial charge in [-0.25, -0.2) is 9.18 Å². The molecule has 1 aliphatic rings. The number of hydrogen-bond acceptors (Lipinski definition) is 7. The molecular weight excluding hydrogens is 336 g/mol. The van der Waals surface area contributed by atoms with E-state index in [1.54, 1.807) is 0 Å². The minimum Gasteiger partial charge on any atom is -0.477 e. The van der Waals surface area contributed by atoms with E-state index in [2.05, 4.69) is 14.8 Å². The van der Waals surface area contributed by atoms with Crippen molar-refractivity contribution in [3.63, 3.8) is 0 Å². The molecule has 10 nitrogen and oxygen atoms in total. The maximum absolute atomic E-state index is 14.4. The zero-order valence-corrected chi connectivity index (χ0v) is 12.5. The lowest BCUT2D eigenvalue weighted by molar-refractivity contribution is -0.284. The number of alkyl halides is 2. The molecule has 12 heteroatoms. The van der Waals surface area contributed by atoms with Crippen LogP contribution in [0, 0.1) is 5.92 Å². The number of carbonyl (C=O) groups is 2. The van der Waals surface area contributed by atoms with E-state index in [4.69, 9.17) is 15.7 Å². The predicted octanol–water partition coefficient (Wildman–Crippen LogP) is -0.538. The van der Waals surface area contributed by atoms with Crippen LogP contribution in [0.2, 0.25) is 0 Å². The second kappa shape index (κ2) is 7.81. The summed E-state index contributed by atoms with van der Waals surface area (Å²) >= 11 is 0. The first-order valence-electron chi connectivity index (χ1n) is 6.85. The number of ketones is 1. The number of carboxylic acids is 1. The maximum atomic E-state index is 14.4. The fourth-order valence-electron chi connectivity index (χ4n) is 2.57. The molecule has 0 amide bonds. The summed E-state index contributed by atoms with van der Waals surface area (Å²) in [5.74, 6) is -8.35. The van der Waals surface area contributed by atoms with Crippen LogP contribution in [-0.2, 0) is 14.3 Å². The van der Waals surface area contributed by atoms with Crippen LogP contribution in [0.5, 0.6) is 0 Å². The molecule has 4 N–H and O–H groups in total. The molecule has 1 aliphatic heterocycles. The van der Waals surface area contributed by atoms with Gasteiger partial charge in [-0.05, 0) is 12.5 Å². The van der Waals surface area contributed by atoms with Gasteiger partial charge in [0, 0.05) is 17.3 Å². The number of hydrogen-bond donors (Lipinski definition) is 4. The van der Waals surface area contributed by atoms with E-state index in [0.717, 1.165) is 6.92 Å². The van der Waals surface area contributed by atoms with Crippen molar-refractivity contribution in [2.75, 3.05) is 6.61 Å². The quantitative estimate of drug-likeness (QED) is 0.270. The van der Waals surface area contributed by atoms with Crippen LogP contribution < -0.4 is 0 Å². The number of rotatable bonds is 7. The molecule has 7 atom stereocenters. The number of carboxylic acid groups (broad SMARTS) is 1. The monoisotopic (exact) mass is 353 g/mol. The summed E-state index contributed by atoms with van der Waals surface area (Å²) in [4.78, 5) is 24.7. The van der Waals surface area contributed by atoms with Gasteiger partial charge in [0.1, 0.15) is 18.0 Å². The number of Topliss-reactive ketones (excluding diaryl/α,β-unsaturated/α-hetero) is 1. The number of azide groups is 1. The molecule has 2 unspecified atom stereocenters. The summed E-state index contributed by atoms with van der Waals surface area (Å²) in [5.41, 5.74) is 8.52. The molecule has 0 radical (unpaired) electrons. The van der Waals surface area contributed by atoms with Gasteiger partial charge in [-0.1, -0.05) is 5.11 Å². The first-order valence-corrected chi connectivity index (χ1v) is 6.85.